The quantitative estimate of drug-likeness (QED) is 0.550. The van der Waals surface area contributed by atoms with Crippen LogP contribution in [0.25, 0.3) is 22.4 Å². The summed E-state index contributed by atoms with van der Waals surface area (Å²) in [7, 11) is -3.85. The van der Waals surface area contributed by atoms with Crippen LogP contribution in [0.3, 0.4) is 0 Å². The molecule has 0 saturated carbocycles. The van der Waals surface area contributed by atoms with Crippen LogP contribution < -0.4 is 5.14 Å². The lowest BCUT2D eigenvalue weighted by atomic mass is 10.1. The van der Waals surface area contributed by atoms with Gasteiger partial charge in [0.25, 0.3) is 0 Å². The fourth-order valence-electron chi connectivity index (χ4n) is 3.23. The first-order chi connectivity index (χ1) is 14.4. The van der Waals surface area contributed by atoms with E-state index in [0.29, 0.717) is 29.0 Å². The number of aromatic nitrogens is 2. The van der Waals surface area contributed by atoms with Gasteiger partial charge >= 0.3 is 0 Å². The van der Waals surface area contributed by atoms with Crippen molar-refractivity contribution in [1.29, 1.82) is 10.5 Å². The second-order valence-corrected chi connectivity index (χ2v) is 8.28. The molecule has 0 amide bonds. The number of primary sulfonamides is 1. The minimum atomic E-state index is -3.85. The Morgan fingerprint density at radius 2 is 1.50 bits per heavy atom. The maximum atomic E-state index is 11.7. The Kier molecular flexibility index (Phi) is 4.80. The predicted molar refractivity (Wildman–Crippen MR) is 112 cm³/mol. The number of nitrogens with two attached hydrogens (primary N) is 1. The van der Waals surface area contributed by atoms with E-state index in [1.165, 1.54) is 12.1 Å². The van der Waals surface area contributed by atoms with Gasteiger partial charge in [0.05, 0.1) is 39.2 Å². The van der Waals surface area contributed by atoms with E-state index in [9.17, 15) is 8.42 Å². The molecule has 0 bridgehead atoms. The summed E-state index contributed by atoms with van der Waals surface area (Å²) in [6.07, 6.45) is 0. The van der Waals surface area contributed by atoms with Crippen LogP contribution in [0, 0.1) is 22.7 Å². The Morgan fingerprint density at radius 1 is 0.900 bits per heavy atom. The smallest absolute Gasteiger partial charge is 0.238 e. The summed E-state index contributed by atoms with van der Waals surface area (Å²) in [6, 6.07) is 23.0. The van der Waals surface area contributed by atoms with Crippen molar-refractivity contribution >= 4 is 21.1 Å². The second-order valence-electron chi connectivity index (χ2n) is 6.71. The third-order valence-electron chi connectivity index (χ3n) is 4.74. The highest BCUT2D eigenvalue weighted by atomic mass is 32.2. The summed E-state index contributed by atoms with van der Waals surface area (Å²) in [5.74, 6) is 0.630. The fraction of sp³-hybridized carbons (Fsp3) is 0.0455. The molecule has 0 radical (unpaired) electrons. The summed E-state index contributed by atoms with van der Waals surface area (Å²) in [4.78, 5) is 4.64. The molecule has 0 unspecified atom stereocenters. The molecule has 7 nitrogen and oxygen atoms in total. The number of nitrogens with zero attached hydrogens (tertiary/aromatic N) is 4. The summed E-state index contributed by atoms with van der Waals surface area (Å²) in [5.41, 5.74) is 4.08. The van der Waals surface area contributed by atoms with E-state index in [4.69, 9.17) is 15.7 Å². The first-order valence-corrected chi connectivity index (χ1v) is 10.5. The zero-order valence-corrected chi connectivity index (χ0v) is 16.5. The van der Waals surface area contributed by atoms with Crippen LogP contribution in [0.15, 0.2) is 71.6 Å². The van der Waals surface area contributed by atoms with Gasteiger partial charge in [-0.05, 0) is 60.2 Å². The van der Waals surface area contributed by atoms with Crippen LogP contribution in [0.4, 0.5) is 0 Å². The lowest BCUT2D eigenvalue weighted by Gasteiger charge is -2.10. The molecule has 1 aromatic heterocycles. The Hall–Kier alpha value is -3.98. The molecule has 4 rings (SSSR count). The van der Waals surface area contributed by atoms with E-state index in [2.05, 4.69) is 17.1 Å². The van der Waals surface area contributed by atoms with Gasteiger partial charge in [0.15, 0.2) is 0 Å². The van der Waals surface area contributed by atoms with Gasteiger partial charge in [-0.2, -0.15) is 10.5 Å². The van der Waals surface area contributed by atoms with Crippen molar-refractivity contribution in [2.24, 2.45) is 5.14 Å². The largest absolute Gasteiger partial charge is 0.319 e. The van der Waals surface area contributed by atoms with Crippen LogP contribution in [0.5, 0.6) is 0 Å². The van der Waals surface area contributed by atoms with Gasteiger partial charge < -0.3 is 4.57 Å². The molecule has 0 aliphatic heterocycles. The van der Waals surface area contributed by atoms with E-state index in [1.807, 2.05) is 16.7 Å². The van der Waals surface area contributed by atoms with Gasteiger partial charge in [0.1, 0.15) is 5.82 Å². The summed E-state index contributed by atoms with van der Waals surface area (Å²) in [5, 5.41) is 23.3. The Morgan fingerprint density at radius 3 is 2.07 bits per heavy atom. The van der Waals surface area contributed by atoms with Gasteiger partial charge in [-0.15, -0.1) is 0 Å². The van der Waals surface area contributed by atoms with Crippen molar-refractivity contribution in [3.63, 3.8) is 0 Å². The Balaban J connectivity index is 1.89. The zero-order valence-electron chi connectivity index (χ0n) is 15.6. The number of nitriles is 2. The van der Waals surface area contributed by atoms with Gasteiger partial charge in [-0.25, -0.2) is 18.5 Å². The van der Waals surface area contributed by atoms with Gasteiger partial charge in [-0.3, -0.25) is 0 Å². The number of fused-ring (bicyclic) bond motifs is 1. The first kappa shape index (κ1) is 19.3. The van der Waals surface area contributed by atoms with Crippen molar-refractivity contribution in [2.45, 2.75) is 11.4 Å². The lowest BCUT2D eigenvalue weighted by molar-refractivity contribution is 0.598. The molecule has 0 aliphatic carbocycles. The third-order valence-corrected chi connectivity index (χ3v) is 5.66. The Labute approximate surface area is 173 Å². The summed E-state index contributed by atoms with van der Waals surface area (Å²) < 4.78 is 25.5. The topological polar surface area (TPSA) is 126 Å². The molecular weight excluding hydrogens is 398 g/mol. The molecule has 0 spiro atoms. The van der Waals surface area contributed by atoms with E-state index >= 15 is 0 Å². The van der Waals surface area contributed by atoms with Crippen LogP contribution in [-0.2, 0) is 16.6 Å². The van der Waals surface area contributed by atoms with Crippen LogP contribution in [0.2, 0.25) is 0 Å². The molecule has 0 fully saturated rings. The number of hydrogen-bond acceptors (Lipinski definition) is 5. The van der Waals surface area contributed by atoms with Crippen molar-refractivity contribution in [2.75, 3.05) is 0 Å². The molecule has 0 atom stereocenters. The van der Waals surface area contributed by atoms with Gasteiger partial charge in [-0.1, -0.05) is 12.1 Å². The number of sulfonamides is 1. The average molecular weight is 413 g/mol. The van der Waals surface area contributed by atoms with E-state index in [0.717, 1.165) is 16.6 Å². The van der Waals surface area contributed by atoms with Crippen molar-refractivity contribution in [3.8, 4) is 23.5 Å². The molecule has 30 heavy (non-hydrogen) atoms. The summed E-state index contributed by atoms with van der Waals surface area (Å²) in [6.45, 7) is 0.465. The number of imidazole rings is 1. The minimum Gasteiger partial charge on any atom is -0.319 e. The number of hydrogen-bond donors (Lipinski definition) is 1. The van der Waals surface area contributed by atoms with E-state index in [-0.39, 0.29) is 4.90 Å². The molecule has 0 aliphatic rings. The van der Waals surface area contributed by atoms with Crippen molar-refractivity contribution < 1.29 is 8.42 Å². The number of benzene rings is 3. The molecule has 8 heteroatoms. The van der Waals surface area contributed by atoms with Gasteiger partial charge in [0.2, 0.25) is 10.0 Å². The second kappa shape index (κ2) is 7.45. The monoisotopic (exact) mass is 413 g/mol. The van der Waals surface area contributed by atoms with Gasteiger partial charge in [0, 0.05) is 12.1 Å². The fourth-order valence-corrected chi connectivity index (χ4v) is 3.76. The van der Waals surface area contributed by atoms with Crippen molar-refractivity contribution in [3.05, 3.63) is 83.4 Å². The van der Waals surface area contributed by atoms with Crippen molar-refractivity contribution in [1.82, 2.24) is 9.55 Å². The first-order valence-electron chi connectivity index (χ1n) is 8.92. The standard InChI is InChI=1S/C22H15N5O2S/c23-12-15-1-3-17(4-2-15)14-27-21-10-9-19(30(25,28)29)11-20(21)26-22(27)18-7-5-16(13-24)6-8-18/h1-11H,14H2,(H2,25,28,29). The molecule has 146 valence electrons. The minimum absolute atomic E-state index is 0.00981. The SMILES string of the molecule is N#Cc1ccc(Cn2c(-c3ccc(C#N)cc3)nc3cc(S(N)(=O)=O)ccc32)cc1. The molecule has 2 N–H and O–H groups in total. The highest BCUT2D eigenvalue weighted by Gasteiger charge is 2.16. The lowest BCUT2D eigenvalue weighted by Crippen LogP contribution is -2.11. The highest BCUT2D eigenvalue weighted by molar-refractivity contribution is 7.89. The summed E-state index contributed by atoms with van der Waals surface area (Å²) >= 11 is 0. The van der Waals surface area contributed by atoms with E-state index < -0.39 is 10.0 Å². The van der Waals surface area contributed by atoms with Crippen LogP contribution >= 0.6 is 0 Å². The molecule has 0 saturated heterocycles. The Bertz CT molecular complexity index is 1440. The maximum absolute atomic E-state index is 11.7. The average Bonchev–Trinajstić information content (AvgIpc) is 3.11. The number of rotatable bonds is 4. The predicted octanol–water partition coefficient (Wildman–Crippen LogP) is 3.14. The maximum Gasteiger partial charge on any atom is 0.238 e. The van der Waals surface area contributed by atoms with E-state index in [1.54, 1.807) is 42.5 Å². The van der Waals surface area contributed by atoms with Crippen LogP contribution in [-0.4, -0.2) is 18.0 Å². The highest BCUT2D eigenvalue weighted by Crippen LogP contribution is 2.28. The molecule has 1 heterocycles. The zero-order chi connectivity index (χ0) is 21.3. The van der Waals surface area contributed by atoms with Crippen LogP contribution in [0.1, 0.15) is 16.7 Å². The normalized spacial score (nSPS) is 11.2. The molecule has 3 aromatic carbocycles. The molecular formula is C22H15N5O2S. The molecule has 4 aromatic rings. The third kappa shape index (κ3) is 3.65.